The van der Waals surface area contributed by atoms with Crippen LogP contribution in [0.15, 0.2) is 46.0 Å². The molecule has 20 heavy (non-hydrogen) atoms. The maximum atomic E-state index is 12.4. The first-order valence-electron chi connectivity index (χ1n) is 6.31. The number of fused-ring (bicyclic) bond motifs is 1. The largest absolute Gasteiger partial charge is 0.277 e. The summed E-state index contributed by atoms with van der Waals surface area (Å²) in [5.74, 6) is 0. The standard InChI is InChI=1S/C14H13BrN2O2S/c15-14-13(5-2-8-16-14)17-20(18,19)12-7-6-10-3-1-4-11(10)9-12/h2,5-9,17H,1,3-4H2. The Morgan fingerprint density at radius 3 is 2.75 bits per heavy atom. The van der Waals surface area contributed by atoms with Gasteiger partial charge in [-0.2, -0.15) is 0 Å². The second-order valence-corrected chi connectivity index (χ2v) is 7.16. The van der Waals surface area contributed by atoms with Crippen LogP contribution in [0.4, 0.5) is 5.69 Å². The number of sulfonamides is 1. The van der Waals surface area contributed by atoms with E-state index in [1.807, 2.05) is 6.07 Å². The normalized spacial score (nSPS) is 14.1. The summed E-state index contributed by atoms with van der Waals surface area (Å²) in [6.45, 7) is 0. The van der Waals surface area contributed by atoms with Crippen molar-refractivity contribution in [2.75, 3.05) is 4.72 Å². The highest BCUT2D eigenvalue weighted by Crippen LogP contribution is 2.27. The predicted octanol–water partition coefficient (Wildman–Crippen LogP) is 3.13. The highest BCUT2D eigenvalue weighted by Gasteiger charge is 2.19. The lowest BCUT2D eigenvalue weighted by molar-refractivity contribution is 0.601. The summed E-state index contributed by atoms with van der Waals surface area (Å²) in [4.78, 5) is 4.30. The van der Waals surface area contributed by atoms with Gasteiger partial charge in [-0.1, -0.05) is 6.07 Å². The molecule has 1 aliphatic carbocycles. The van der Waals surface area contributed by atoms with Gasteiger partial charge in [-0.25, -0.2) is 13.4 Å². The lowest BCUT2D eigenvalue weighted by Gasteiger charge is -2.10. The van der Waals surface area contributed by atoms with Crippen LogP contribution in [0, 0.1) is 0 Å². The zero-order chi connectivity index (χ0) is 14.2. The molecule has 6 heteroatoms. The third kappa shape index (κ3) is 2.58. The molecule has 3 rings (SSSR count). The zero-order valence-corrected chi connectivity index (χ0v) is 13.0. The average molecular weight is 353 g/mol. The molecule has 0 spiro atoms. The number of benzene rings is 1. The molecule has 1 heterocycles. The van der Waals surface area contributed by atoms with Crippen molar-refractivity contribution in [3.8, 4) is 0 Å². The Labute approximate surface area is 126 Å². The number of rotatable bonds is 3. The van der Waals surface area contributed by atoms with Crippen LogP contribution in [-0.2, 0) is 22.9 Å². The van der Waals surface area contributed by atoms with E-state index in [9.17, 15) is 8.42 Å². The van der Waals surface area contributed by atoms with Crippen LogP contribution in [0.25, 0.3) is 0 Å². The molecule has 0 aliphatic heterocycles. The Bertz CT molecular complexity index is 760. The van der Waals surface area contributed by atoms with Crippen LogP contribution in [0.1, 0.15) is 17.5 Å². The van der Waals surface area contributed by atoms with Crippen molar-refractivity contribution >= 4 is 31.6 Å². The molecule has 0 atom stereocenters. The van der Waals surface area contributed by atoms with Crippen molar-refractivity contribution in [2.24, 2.45) is 0 Å². The average Bonchev–Trinajstić information content (AvgIpc) is 2.88. The van der Waals surface area contributed by atoms with E-state index in [0.29, 0.717) is 15.2 Å². The number of hydrogen-bond donors (Lipinski definition) is 1. The van der Waals surface area contributed by atoms with Gasteiger partial charge in [-0.3, -0.25) is 4.72 Å². The van der Waals surface area contributed by atoms with Gasteiger partial charge >= 0.3 is 0 Å². The van der Waals surface area contributed by atoms with Crippen molar-refractivity contribution in [3.63, 3.8) is 0 Å². The van der Waals surface area contributed by atoms with Crippen LogP contribution >= 0.6 is 15.9 Å². The third-order valence-corrected chi connectivity index (χ3v) is 5.38. The Balaban J connectivity index is 1.94. The van der Waals surface area contributed by atoms with E-state index in [1.54, 1.807) is 30.5 Å². The number of aryl methyl sites for hydroxylation is 2. The molecule has 4 nitrogen and oxygen atoms in total. The second kappa shape index (κ2) is 5.18. The minimum absolute atomic E-state index is 0.300. The molecule has 1 aromatic heterocycles. The highest BCUT2D eigenvalue weighted by atomic mass is 79.9. The molecule has 0 bridgehead atoms. The lowest BCUT2D eigenvalue weighted by atomic mass is 10.1. The molecular formula is C14H13BrN2O2S. The van der Waals surface area contributed by atoms with E-state index in [0.717, 1.165) is 24.8 Å². The molecule has 0 fully saturated rings. The van der Waals surface area contributed by atoms with Crippen molar-refractivity contribution in [3.05, 3.63) is 52.3 Å². The molecular weight excluding hydrogens is 340 g/mol. The number of aromatic nitrogens is 1. The van der Waals surface area contributed by atoms with Crippen molar-refractivity contribution in [1.29, 1.82) is 0 Å². The summed E-state index contributed by atoms with van der Waals surface area (Å²) in [7, 11) is -3.58. The fourth-order valence-electron chi connectivity index (χ4n) is 2.38. The summed E-state index contributed by atoms with van der Waals surface area (Å²) < 4.78 is 27.8. The minimum Gasteiger partial charge on any atom is -0.277 e. The van der Waals surface area contributed by atoms with E-state index in [1.165, 1.54) is 5.56 Å². The Morgan fingerprint density at radius 1 is 1.15 bits per heavy atom. The van der Waals surface area contributed by atoms with Crippen LogP contribution in [0.2, 0.25) is 0 Å². The first kappa shape index (κ1) is 13.6. The fourth-order valence-corrected chi connectivity index (χ4v) is 3.98. The summed E-state index contributed by atoms with van der Waals surface area (Å²) in [5.41, 5.74) is 2.83. The molecule has 2 aromatic rings. The van der Waals surface area contributed by atoms with Gasteiger partial charge in [0.25, 0.3) is 10.0 Å². The first-order valence-corrected chi connectivity index (χ1v) is 8.59. The van der Waals surface area contributed by atoms with Gasteiger partial charge < -0.3 is 0 Å². The molecule has 104 valence electrons. The van der Waals surface area contributed by atoms with E-state index < -0.39 is 10.0 Å². The summed E-state index contributed by atoms with van der Waals surface area (Å²) in [6, 6.07) is 8.70. The summed E-state index contributed by atoms with van der Waals surface area (Å²) in [5, 5.41) is 0. The van der Waals surface area contributed by atoms with E-state index in [4.69, 9.17) is 0 Å². The molecule has 0 unspecified atom stereocenters. The smallest absolute Gasteiger partial charge is 0.261 e. The van der Waals surface area contributed by atoms with Gasteiger partial charge in [-0.15, -0.1) is 0 Å². The highest BCUT2D eigenvalue weighted by molar-refractivity contribution is 9.10. The number of pyridine rings is 1. The third-order valence-electron chi connectivity index (χ3n) is 3.38. The number of anilines is 1. The Hall–Kier alpha value is -1.40. The topological polar surface area (TPSA) is 59.1 Å². The van der Waals surface area contributed by atoms with Crippen LogP contribution < -0.4 is 4.72 Å². The van der Waals surface area contributed by atoms with Gasteiger partial charge in [0.05, 0.1) is 10.6 Å². The first-order chi connectivity index (χ1) is 9.56. The van der Waals surface area contributed by atoms with Crippen LogP contribution in [0.3, 0.4) is 0 Å². The minimum atomic E-state index is -3.58. The molecule has 0 saturated carbocycles. The van der Waals surface area contributed by atoms with Gasteiger partial charge in [0.1, 0.15) is 4.60 Å². The molecule has 0 radical (unpaired) electrons. The van der Waals surface area contributed by atoms with E-state index in [-0.39, 0.29) is 0 Å². The maximum absolute atomic E-state index is 12.4. The van der Waals surface area contributed by atoms with Crippen molar-refractivity contribution in [2.45, 2.75) is 24.2 Å². The van der Waals surface area contributed by atoms with Crippen LogP contribution in [-0.4, -0.2) is 13.4 Å². The number of nitrogens with one attached hydrogen (secondary N) is 1. The SMILES string of the molecule is O=S(=O)(Nc1cccnc1Br)c1ccc2c(c1)CCC2. The number of hydrogen-bond acceptors (Lipinski definition) is 3. The van der Waals surface area contributed by atoms with Gasteiger partial charge in [-0.05, 0) is 70.6 Å². The van der Waals surface area contributed by atoms with E-state index in [2.05, 4.69) is 25.6 Å². The number of halogens is 1. The Kier molecular flexibility index (Phi) is 3.52. The predicted molar refractivity (Wildman–Crippen MR) is 81.2 cm³/mol. The Morgan fingerprint density at radius 2 is 1.95 bits per heavy atom. The molecule has 0 saturated heterocycles. The second-order valence-electron chi connectivity index (χ2n) is 4.73. The van der Waals surface area contributed by atoms with Crippen molar-refractivity contribution < 1.29 is 8.42 Å². The molecule has 0 amide bonds. The van der Waals surface area contributed by atoms with Gasteiger partial charge in [0, 0.05) is 6.20 Å². The van der Waals surface area contributed by atoms with Crippen molar-refractivity contribution in [1.82, 2.24) is 4.98 Å². The zero-order valence-electron chi connectivity index (χ0n) is 10.6. The lowest BCUT2D eigenvalue weighted by Crippen LogP contribution is -2.14. The fraction of sp³-hybridized carbons (Fsp3) is 0.214. The molecule has 1 aromatic carbocycles. The van der Waals surface area contributed by atoms with Crippen LogP contribution in [0.5, 0.6) is 0 Å². The van der Waals surface area contributed by atoms with Gasteiger partial charge in [0.15, 0.2) is 0 Å². The quantitative estimate of drug-likeness (QED) is 0.863. The van der Waals surface area contributed by atoms with E-state index >= 15 is 0 Å². The van der Waals surface area contributed by atoms with Gasteiger partial charge in [0.2, 0.25) is 0 Å². The summed E-state index contributed by atoms with van der Waals surface area (Å²) in [6.07, 6.45) is 4.68. The summed E-state index contributed by atoms with van der Waals surface area (Å²) >= 11 is 3.23. The number of nitrogens with zero attached hydrogens (tertiary/aromatic N) is 1. The molecule has 1 aliphatic rings. The maximum Gasteiger partial charge on any atom is 0.261 e. The molecule has 1 N–H and O–H groups in total. The monoisotopic (exact) mass is 352 g/mol.